The Morgan fingerprint density at radius 2 is 1.74 bits per heavy atom. The Morgan fingerprint density at radius 3 is 2.32 bits per heavy atom. The molecule has 2 N–H and O–H groups in total. The van der Waals surface area contributed by atoms with E-state index in [0.717, 1.165) is 11.3 Å². The number of piperazine rings is 1. The van der Waals surface area contributed by atoms with Gasteiger partial charge >= 0.3 is 0 Å². The molecular formula is C26H34N6O2. The number of carbonyl (C=O) groups excluding carboxylic acids is 1. The van der Waals surface area contributed by atoms with Gasteiger partial charge in [-0.1, -0.05) is 24.3 Å². The van der Waals surface area contributed by atoms with E-state index in [9.17, 15) is 9.90 Å². The van der Waals surface area contributed by atoms with E-state index in [0.29, 0.717) is 43.5 Å². The van der Waals surface area contributed by atoms with E-state index < -0.39 is 0 Å². The number of hydrogen-bond acceptors (Lipinski definition) is 6. The third-order valence-electron chi connectivity index (χ3n) is 7.06. The summed E-state index contributed by atoms with van der Waals surface area (Å²) in [7, 11) is 0. The molecule has 1 aliphatic carbocycles. The van der Waals surface area contributed by atoms with Crippen molar-refractivity contribution in [2.24, 2.45) is 0 Å². The summed E-state index contributed by atoms with van der Waals surface area (Å²) in [6.07, 6.45) is 4.52. The Bertz CT molecular complexity index is 1190. The van der Waals surface area contributed by atoms with Gasteiger partial charge in [-0.3, -0.25) is 4.79 Å². The van der Waals surface area contributed by atoms with Crippen LogP contribution in [0.5, 0.6) is 5.88 Å². The van der Waals surface area contributed by atoms with Crippen LogP contribution in [0.15, 0.2) is 30.5 Å². The monoisotopic (exact) mass is 462 g/mol. The second-order valence-electron chi connectivity index (χ2n) is 9.89. The van der Waals surface area contributed by atoms with Crippen LogP contribution in [0.25, 0.3) is 10.9 Å². The molecule has 1 saturated heterocycles. The van der Waals surface area contributed by atoms with Crippen molar-refractivity contribution in [2.75, 3.05) is 36.4 Å². The molecule has 3 aromatic rings. The SMILES string of the molecule is CC(=O)N1CCN(c2nc(N[C@H](C)c3ccc(C4CC4)cc3)c3cn(C(C)C)c(O)c3n2)CC1. The molecule has 2 aliphatic rings. The van der Waals surface area contributed by atoms with E-state index in [-0.39, 0.29) is 23.9 Å². The minimum Gasteiger partial charge on any atom is -0.493 e. The molecule has 0 radical (unpaired) electrons. The first-order valence-corrected chi connectivity index (χ1v) is 12.3. The third kappa shape index (κ3) is 4.29. The number of benzene rings is 1. The summed E-state index contributed by atoms with van der Waals surface area (Å²) in [5.74, 6) is 2.27. The van der Waals surface area contributed by atoms with E-state index in [1.54, 1.807) is 6.92 Å². The predicted molar refractivity (Wildman–Crippen MR) is 134 cm³/mol. The van der Waals surface area contributed by atoms with E-state index in [1.165, 1.54) is 24.0 Å². The number of nitrogens with zero attached hydrogens (tertiary/aromatic N) is 5. The highest BCUT2D eigenvalue weighted by Crippen LogP contribution is 2.40. The molecule has 3 heterocycles. The van der Waals surface area contributed by atoms with Crippen LogP contribution in [-0.4, -0.2) is 56.6 Å². The van der Waals surface area contributed by atoms with Crippen LogP contribution in [-0.2, 0) is 4.79 Å². The van der Waals surface area contributed by atoms with Crippen molar-refractivity contribution in [1.82, 2.24) is 19.4 Å². The molecule has 1 aromatic carbocycles. The zero-order valence-electron chi connectivity index (χ0n) is 20.5. The summed E-state index contributed by atoms with van der Waals surface area (Å²) in [5, 5.41) is 15.3. The number of amides is 1. The van der Waals surface area contributed by atoms with Crippen molar-refractivity contribution in [2.45, 2.75) is 58.5 Å². The molecule has 5 rings (SSSR count). The maximum absolute atomic E-state index is 11.7. The van der Waals surface area contributed by atoms with Gasteiger partial charge in [-0.05, 0) is 50.7 Å². The number of fused-ring (bicyclic) bond motifs is 1. The van der Waals surface area contributed by atoms with Gasteiger partial charge in [0.05, 0.1) is 5.39 Å². The topological polar surface area (TPSA) is 86.5 Å². The number of aromatic nitrogens is 3. The lowest BCUT2D eigenvalue weighted by molar-refractivity contribution is -0.129. The van der Waals surface area contributed by atoms with Crippen molar-refractivity contribution in [3.8, 4) is 5.88 Å². The Morgan fingerprint density at radius 1 is 1.06 bits per heavy atom. The zero-order chi connectivity index (χ0) is 24.0. The smallest absolute Gasteiger partial charge is 0.228 e. The molecular weight excluding hydrogens is 428 g/mol. The van der Waals surface area contributed by atoms with Crippen molar-refractivity contribution in [1.29, 1.82) is 0 Å². The summed E-state index contributed by atoms with van der Waals surface area (Å²) in [4.78, 5) is 25.3. The number of anilines is 2. The number of hydrogen-bond donors (Lipinski definition) is 2. The van der Waals surface area contributed by atoms with Crippen LogP contribution in [0.1, 0.15) is 69.7 Å². The maximum atomic E-state index is 11.7. The standard InChI is InChI=1S/C26H34N6O2/c1-16(2)32-15-22-23(25(32)34)28-26(31-13-11-30(12-14-31)18(4)33)29-24(22)27-17(3)19-5-7-20(8-6-19)21-9-10-21/h5-8,15-17,21,34H,9-14H2,1-4H3,(H,27,28,29)/t17-/m1/s1. The van der Waals surface area contributed by atoms with E-state index >= 15 is 0 Å². The van der Waals surface area contributed by atoms with Gasteiger partial charge in [0.25, 0.3) is 0 Å². The first-order valence-electron chi connectivity index (χ1n) is 12.3. The lowest BCUT2D eigenvalue weighted by Gasteiger charge is -2.34. The second-order valence-corrected chi connectivity index (χ2v) is 9.89. The quantitative estimate of drug-likeness (QED) is 0.563. The molecule has 2 fully saturated rings. The normalized spacial score (nSPS) is 17.4. The molecule has 0 spiro atoms. The molecule has 2 aromatic heterocycles. The molecule has 1 atom stereocenters. The minimum atomic E-state index is 0.0401. The molecule has 0 unspecified atom stereocenters. The van der Waals surface area contributed by atoms with Gasteiger partial charge in [-0.2, -0.15) is 4.98 Å². The lowest BCUT2D eigenvalue weighted by atomic mass is 10.0. The van der Waals surface area contributed by atoms with Crippen molar-refractivity contribution in [3.05, 3.63) is 41.6 Å². The Labute approximate surface area is 200 Å². The van der Waals surface area contributed by atoms with Crippen LogP contribution < -0.4 is 10.2 Å². The highest BCUT2D eigenvalue weighted by molar-refractivity contribution is 5.94. The van der Waals surface area contributed by atoms with E-state index in [2.05, 4.69) is 41.4 Å². The number of nitrogens with one attached hydrogen (secondary N) is 1. The first-order chi connectivity index (χ1) is 16.3. The molecule has 34 heavy (non-hydrogen) atoms. The van der Waals surface area contributed by atoms with Gasteiger partial charge in [0.15, 0.2) is 0 Å². The maximum Gasteiger partial charge on any atom is 0.228 e. The first kappa shape index (κ1) is 22.5. The summed E-state index contributed by atoms with van der Waals surface area (Å²) in [5.41, 5.74) is 3.16. The van der Waals surface area contributed by atoms with Crippen molar-refractivity contribution >= 4 is 28.6 Å². The van der Waals surface area contributed by atoms with Crippen LogP contribution in [0.4, 0.5) is 11.8 Å². The number of aromatic hydroxyl groups is 1. The van der Waals surface area contributed by atoms with Gasteiger partial charge in [0.1, 0.15) is 11.3 Å². The minimum absolute atomic E-state index is 0.0401. The van der Waals surface area contributed by atoms with Gasteiger partial charge in [0, 0.05) is 51.4 Å². The van der Waals surface area contributed by atoms with Gasteiger partial charge < -0.3 is 24.8 Å². The summed E-state index contributed by atoms with van der Waals surface area (Å²) in [6.45, 7) is 10.4. The molecule has 1 amide bonds. The van der Waals surface area contributed by atoms with Gasteiger partial charge in [-0.25, -0.2) is 4.98 Å². The fourth-order valence-electron chi connectivity index (χ4n) is 4.70. The average molecular weight is 463 g/mol. The number of carbonyl (C=O) groups is 1. The molecule has 1 aliphatic heterocycles. The largest absolute Gasteiger partial charge is 0.493 e. The molecule has 1 saturated carbocycles. The summed E-state index contributed by atoms with van der Waals surface area (Å²) < 4.78 is 1.83. The lowest BCUT2D eigenvalue weighted by Crippen LogP contribution is -2.48. The number of rotatable bonds is 6. The van der Waals surface area contributed by atoms with Crippen molar-refractivity contribution < 1.29 is 9.90 Å². The Hall–Kier alpha value is -3.29. The zero-order valence-corrected chi connectivity index (χ0v) is 20.5. The fourth-order valence-corrected chi connectivity index (χ4v) is 4.70. The summed E-state index contributed by atoms with van der Waals surface area (Å²) >= 11 is 0. The molecule has 8 nitrogen and oxygen atoms in total. The van der Waals surface area contributed by atoms with Crippen molar-refractivity contribution in [3.63, 3.8) is 0 Å². The Kier molecular flexibility index (Phi) is 5.83. The second kappa shape index (κ2) is 8.81. The van der Waals surface area contributed by atoms with Crippen LogP contribution >= 0.6 is 0 Å². The highest BCUT2D eigenvalue weighted by Gasteiger charge is 2.25. The van der Waals surface area contributed by atoms with E-state index in [4.69, 9.17) is 9.97 Å². The van der Waals surface area contributed by atoms with E-state index in [1.807, 2.05) is 29.5 Å². The van der Waals surface area contributed by atoms with Crippen LogP contribution in [0.2, 0.25) is 0 Å². The van der Waals surface area contributed by atoms with Crippen LogP contribution in [0.3, 0.4) is 0 Å². The van der Waals surface area contributed by atoms with Gasteiger partial charge in [0.2, 0.25) is 17.7 Å². The third-order valence-corrected chi connectivity index (χ3v) is 7.06. The molecule has 180 valence electrons. The highest BCUT2D eigenvalue weighted by atomic mass is 16.3. The Balaban J connectivity index is 1.47. The average Bonchev–Trinajstić information content (AvgIpc) is 3.62. The molecule has 8 heteroatoms. The predicted octanol–water partition coefficient (Wildman–Crippen LogP) is 4.44. The molecule has 0 bridgehead atoms. The van der Waals surface area contributed by atoms with Gasteiger partial charge in [-0.15, -0.1) is 0 Å². The van der Waals surface area contributed by atoms with Crippen LogP contribution in [0, 0.1) is 0 Å². The summed E-state index contributed by atoms with van der Waals surface area (Å²) in [6, 6.07) is 9.00. The fraction of sp³-hybridized carbons (Fsp3) is 0.500.